The van der Waals surface area contributed by atoms with E-state index in [1.807, 2.05) is 32.8 Å². The lowest BCUT2D eigenvalue weighted by atomic mass is 9.87. The summed E-state index contributed by atoms with van der Waals surface area (Å²) in [4.78, 5) is 1.88. The van der Waals surface area contributed by atoms with E-state index < -0.39 is 17.9 Å². The van der Waals surface area contributed by atoms with E-state index in [4.69, 9.17) is 5.84 Å². The van der Waals surface area contributed by atoms with Crippen LogP contribution in [-0.4, -0.2) is 30.9 Å². The normalized spacial score (nSPS) is 14.4. The Hall–Kier alpha value is -1.31. The van der Waals surface area contributed by atoms with Crippen LogP contribution >= 0.6 is 0 Å². The number of para-hydroxylation sites is 1. The second kappa shape index (κ2) is 5.99. The minimum Gasteiger partial charge on any atom is -0.405 e. The Labute approximate surface area is 116 Å². The first-order chi connectivity index (χ1) is 9.09. The van der Waals surface area contributed by atoms with Crippen molar-refractivity contribution >= 4 is 0 Å². The average molecular weight is 291 g/mol. The largest absolute Gasteiger partial charge is 0.573 e. The molecule has 0 aliphatic carbocycles. The molecule has 1 rings (SSSR count). The molecule has 0 heterocycles. The molecule has 0 radical (unpaired) electrons. The summed E-state index contributed by atoms with van der Waals surface area (Å²) >= 11 is 0. The van der Waals surface area contributed by atoms with Gasteiger partial charge >= 0.3 is 6.36 Å². The number of halogens is 3. The highest BCUT2D eigenvalue weighted by atomic mass is 19.4. The van der Waals surface area contributed by atoms with Gasteiger partial charge in [0.15, 0.2) is 0 Å². The van der Waals surface area contributed by atoms with Crippen molar-refractivity contribution in [3.05, 3.63) is 29.8 Å². The molecule has 0 saturated heterocycles. The summed E-state index contributed by atoms with van der Waals surface area (Å²) in [5, 5.41) is 0. The molecule has 1 atom stereocenters. The van der Waals surface area contributed by atoms with Crippen LogP contribution in [-0.2, 0) is 0 Å². The highest BCUT2D eigenvalue weighted by Crippen LogP contribution is 2.36. The first-order valence-electron chi connectivity index (χ1n) is 6.08. The Bertz CT molecular complexity index is 447. The zero-order valence-electron chi connectivity index (χ0n) is 12.0. The quantitative estimate of drug-likeness (QED) is 0.646. The maximum absolute atomic E-state index is 12.5. The predicted molar refractivity (Wildman–Crippen MR) is 71.0 cm³/mol. The average Bonchev–Trinajstić information content (AvgIpc) is 2.29. The van der Waals surface area contributed by atoms with E-state index in [-0.39, 0.29) is 5.75 Å². The molecule has 1 aromatic rings. The molecule has 1 unspecified atom stereocenters. The van der Waals surface area contributed by atoms with Gasteiger partial charge in [0.1, 0.15) is 5.75 Å². The number of nitrogens with zero attached hydrogens (tertiary/aromatic N) is 1. The van der Waals surface area contributed by atoms with E-state index in [2.05, 4.69) is 10.2 Å². The summed E-state index contributed by atoms with van der Waals surface area (Å²) < 4.78 is 41.5. The van der Waals surface area contributed by atoms with E-state index in [1.165, 1.54) is 12.1 Å². The molecule has 0 aliphatic heterocycles. The predicted octanol–water partition coefficient (Wildman–Crippen LogP) is 2.43. The van der Waals surface area contributed by atoms with Crippen molar-refractivity contribution in [1.82, 2.24) is 10.3 Å². The molecule has 0 bridgehead atoms. The monoisotopic (exact) mass is 291 g/mol. The minimum absolute atomic E-state index is 0.252. The summed E-state index contributed by atoms with van der Waals surface area (Å²) in [5.74, 6) is 5.30. The molecule has 0 amide bonds. The molecule has 0 fully saturated rings. The zero-order chi connectivity index (χ0) is 15.6. The van der Waals surface area contributed by atoms with Gasteiger partial charge in [-0.05, 0) is 34.0 Å². The molecule has 114 valence electrons. The van der Waals surface area contributed by atoms with Crippen molar-refractivity contribution in [3.63, 3.8) is 0 Å². The Morgan fingerprint density at radius 1 is 1.20 bits per heavy atom. The Balaban J connectivity index is 3.23. The lowest BCUT2D eigenvalue weighted by Gasteiger charge is -2.40. The van der Waals surface area contributed by atoms with Gasteiger partial charge in [-0.3, -0.25) is 11.3 Å². The van der Waals surface area contributed by atoms with Gasteiger partial charge in [-0.25, -0.2) is 0 Å². The fourth-order valence-electron chi connectivity index (χ4n) is 1.87. The number of nitrogens with one attached hydrogen (secondary N) is 1. The number of likely N-dealkylation sites (N-methyl/N-ethyl adjacent to an activating group) is 1. The summed E-state index contributed by atoms with van der Waals surface area (Å²) in [7, 11) is 3.66. The summed E-state index contributed by atoms with van der Waals surface area (Å²) in [6, 6.07) is 5.45. The smallest absolute Gasteiger partial charge is 0.405 e. The Morgan fingerprint density at radius 3 is 2.20 bits per heavy atom. The van der Waals surface area contributed by atoms with Crippen LogP contribution in [0.4, 0.5) is 13.2 Å². The SMILES string of the molecule is CN(C)C(C)(C)C(NN)c1ccccc1OC(F)(F)F. The Kier molecular flexibility index (Phi) is 5.01. The lowest BCUT2D eigenvalue weighted by molar-refractivity contribution is -0.275. The van der Waals surface area contributed by atoms with Gasteiger partial charge < -0.3 is 9.64 Å². The van der Waals surface area contributed by atoms with E-state index >= 15 is 0 Å². The molecule has 0 aromatic heterocycles. The van der Waals surface area contributed by atoms with Crippen LogP contribution in [0.3, 0.4) is 0 Å². The van der Waals surface area contributed by atoms with Crippen molar-refractivity contribution in [1.29, 1.82) is 0 Å². The second-order valence-electron chi connectivity index (χ2n) is 5.23. The van der Waals surface area contributed by atoms with Crippen molar-refractivity contribution in [2.24, 2.45) is 5.84 Å². The van der Waals surface area contributed by atoms with Crippen molar-refractivity contribution in [3.8, 4) is 5.75 Å². The van der Waals surface area contributed by atoms with Crippen LogP contribution in [0.15, 0.2) is 24.3 Å². The van der Waals surface area contributed by atoms with E-state index in [1.54, 1.807) is 12.1 Å². The number of hydrogen-bond acceptors (Lipinski definition) is 4. The molecule has 20 heavy (non-hydrogen) atoms. The topological polar surface area (TPSA) is 50.5 Å². The lowest BCUT2D eigenvalue weighted by Crippen LogP contribution is -2.51. The maximum Gasteiger partial charge on any atom is 0.573 e. The van der Waals surface area contributed by atoms with Gasteiger partial charge in [0.2, 0.25) is 0 Å². The molecule has 1 aromatic carbocycles. The van der Waals surface area contributed by atoms with Gasteiger partial charge in [-0.1, -0.05) is 18.2 Å². The molecular formula is C13H20F3N3O. The Morgan fingerprint density at radius 2 is 1.75 bits per heavy atom. The molecule has 7 heteroatoms. The molecule has 3 N–H and O–H groups in total. The number of rotatable bonds is 5. The first-order valence-corrected chi connectivity index (χ1v) is 6.08. The van der Waals surface area contributed by atoms with Crippen molar-refractivity contribution in [2.75, 3.05) is 14.1 Å². The third-order valence-corrected chi connectivity index (χ3v) is 3.48. The number of benzene rings is 1. The fraction of sp³-hybridized carbons (Fsp3) is 0.538. The van der Waals surface area contributed by atoms with E-state index in [0.29, 0.717) is 5.56 Å². The molecule has 0 spiro atoms. The number of nitrogens with two attached hydrogens (primary N) is 1. The van der Waals surface area contributed by atoms with Crippen LogP contribution in [0.5, 0.6) is 5.75 Å². The van der Waals surface area contributed by atoms with Crippen LogP contribution in [0.25, 0.3) is 0 Å². The van der Waals surface area contributed by atoms with Gasteiger partial charge in [-0.2, -0.15) is 0 Å². The summed E-state index contributed by atoms with van der Waals surface area (Å²) in [6.45, 7) is 3.75. The molecule has 0 aliphatic rings. The van der Waals surface area contributed by atoms with E-state index in [9.17, 15) is 13.2 Å². The van der Waals surface area contributed by atoms with Crippen molar-refractivity contribution < 1.29 is 17.9 Å². The highest BCUT2D eigenvalue weighted by Gasteiger charge is 2.37. The zero-order valence-corrected chi connectivity index (χ0v) is 12.0. The maximum atomic E-state index is 12.5. The van der Waals surface area contributed by atoms with Crippen LogP contribution < -0.4 is 16.0 Å². The third kappa shape index (κ3) is 3.84. The molecular weight excluding hydrogens is 271 g/mol. The van der Waals surface area contributed by atoms with Crippen LogP contribution in [0.1, 0.15) is 25.5 Å². The number of ether oxygens (including phenoxy) is 1. The van der Waals surface area contributed by atoms with Crippen LogP contribution in [0, 0.1) is 0 Å². The number of alkyl halides is 3. The first kappa shape index (κ1) is 16.7. The molecule has 0 saturated carbocycles. The summed E-state index contributed by atoms with van der Waals surface area (Å²) in [5.41, 5.74) is 2.42. The standard InChI is InChI=1S/C13H20F3N3O/c1-12(2,19(3)4)11(18-17)9-7-5-6-8-10(9)20-13(14,15)16/h5-8,11,18H,17H2,1-4H3. The number of hydrogen-bond donors (Lipinski definition) is 2. The second-order valence-corrected chi connectivity index (χ2v) is 5.23. The van der Waals surface area contributed by atoms with Gasteiger partial charge in [0, 0.05) is 11.1 Å². The fourth-order valence-corrected chi connectivity index (χ4v) is 1.87. The third-order valence-electron chi connectivity index (χ3n) is 3.48. The highest BCUT2D eigenvalue weighted by molar-refractivity contribution is 5.37. The van der Waals surface area contributed by atoms with Crippen molar-refractivity contribution in [2.45, 2.75) is 31.8 Å². The molecule has 4 nitrogen and oxygen atoms in total. The minimum atomic E-state index is -4.74. The summed E-state index contributed by atoms with van der Waals surface area (Å²) in [6.07, 6.45) is -4.74. The number of hydrazine groups is 1. The van der Waals surface area contributed by atoms with E-state index in [0.717, 1.165) is 0 Å². The van der Waals surface area contributed by atoms with Gasteiger partial charge in [0.25, 0.3) is 0 Å². The van der Waals surface area contributed by atoms with Gasteiger partial charge in [0.05, 0.1) is 6.04 Å². The van der Waals surface area contributed by atoms with Crippen LogP contribution in [0.2, 0.25) is 0 Å². The van der Waals surface area contributed by atoms with Gasteiger partial charge in [-0.15, -0.1) is 13.2 Å².